The first-order valence-electron chi connectivity index (χ1n) is 8.10. The number of alkyl carbamates (subject to hydrolysis) is 1. The predicted octanol–water partition coefficient (Wildman–Crippen LogP) is 2.48. The zero-order valence-corrected chi connectivity index (χ0v) is 16.0. The number of hydrogen-bond acceptors (Lipinski definition) is 6. The highest BCUT2D eigenvalue weighted by atomic mass is 16.6. The van der Waals surface area contributed by atoms with Crippen LogP contribution in [0.2, 0.25) is 0 Å². The van der Waals surface area contributed by atoms with Crippen LogP contribution >= 0.6 is 0 Å². The van der Waals surface area contributed by atoms with Crippen molar-refractivity contribution >= 4 is 12.1 Å². The van der Waals surface area contributed by atoms with E-state index in [0.717, 1.165) is 0 Å². The van der Waals surface area contributed by atoms with Gasteiger partial charge in [-0.3, -0.25) is 4.79 Å². The normalized spacial score (nSPS) is 12.1. The molecule has 0 saturated carbocycles. The van der Waals surface area contributed by atoms with Gasteiger partial charge in [-0.05, 0) is 38.8 Å². The number of benzene rings is 1. The highest BCUT2D eigenvalue weighted by Gasteiger charge is 2.25. The maximum atomic E-state index is 11.8. The van der Waals surface area contributed by atoms with Gasteiger partial charge >= 0.3 is 12.1 Å². The lowest BCUT2D eigenvalue weighted by Crippen LogP contribution is -2.37. The van der Waals surface area contributed by atoms with Gasteiger partial charge in [0.2, 0.25) is 5.75 Å². The summed E-state index contributed by atoms with van der Waals surface area (Å²) in [6, 6.07) is 3.39. The molecule has 0 heterocycles. The molecule has 0 aliphatic heterocycles. The van der Waals surface area contributed by atoms with Crippen LogP contribution in [-0.2, 0) is 16.0 Å². The molecule has 8 heteroatoms. The Labute approximate surface area is 153 Å². The molecule has 26 heavy (non-hydrogen) atoms. The molecular formula is C18H27NO7. The lowest BCUT2D eigenvalue weighted by molar-refractivity contribution is -0.141. The molecule has 0 aromatic heterocycles. The zero-order chi connectivity index (χ0) is 19.9. The Bertz CT molecular complexity index is 637. The van der Waals surface area contributed by atoms with E-state index in [1.165, 1.54) is 21.3 Å². The van der Waals surface area contributed by atoms with E-state index in [-0.39, 0.29) is 13.0 Å². The Hall–Kier alpha value is -2.64. The number of amides is 1. The van der Waals surface area contributed by atoms with Crippen LogP contribution in [-0.4, -0.2) is 50.6 Å². The minimum atomic E-state index is -1.04. The average Bonchev–Trinajstić information content (AvgIpc) is 2.55. The van der Waals surface area contributed by atoms with Crippen LogP contribution < -0.4 is 19.5 Å². The second-order valence-corrected chi connectivity index (χ2v) is 6.62. The van der Waals surface area contributed by atoms with Crippen molar-refractivity contribution in [2.24, 2.45) is 5.92 Å². The van der Waals surface area contributed by atoms with Gasteiger partial charge in [0.05, 0.1) is 27.2 Å². The van der Waals surface area contributed by atoms with Crippen LogP contribution in [0.25, 0.3) is 0 Å². The first-order valence-corrected chi connectivity index (χ1v) is 8.10. The minimum Gasteiger partial charge on any atom is -0.493 e. The number of methoxy groups -OCH3 is 3. The molecule has 0 fully saturated rings. The van der Waals surface area contributed by atoms with Crippen molar-refractivity contribution < 1.29 is 33.6 Å². The van der Waals surface area contributed by atoms with Gasteiger partial charge in [0.15, 0.2) is 11.5 Å². The lowest BCUT2D eigenvalue weighted by Gasteiger charge is -2.21. The zero-order valence-electron chi connectivity index (χ0n) is 16.0. The van der Waals surface area contributed by atoms with E-state index in [0.29, 0.717) is 22.8 Å². The van der Waals surface area contributed by atoms with E-state index in [1.54, 1.807) is 32.9 Å². The second-order valence-electron chi connectivity index (χ2n) is 6.62. The van der Waals surface area contributed by atoms with Crippen LogP contribution in [0.5, 0.6) is 17.2 Å². The number of carbonyl (C=O) groups excluding carboxylic acids is 1. The topological polar surface area (TPSA) is 103 Å². The number of ether oxygens (including phenoxy) is 4. The summed E-state index contributed by atoms with van der Waals surface area (Å²) in [7, 11) is 4.44. The lowest BCUT2D eigenvalue weighted by atomic mass is 9.98. The summed E-state index contributed by atoms with van der Waals surface area (Å²) in [5.41, 5.74) is -0.0291. The van der Waals surface area contributed by atoms with Crippen LogP contribution in [0.3, 0.4) is 0 Å². The number of nitrogens with one attached hydrogen (secondary N) is 1. The number of carboxylic acids is 1. The third-order valence-electron chi connectivity index (χ3n) is 3.49. The van der Waals surface area contributed by atoms with Gasteiger partial charge < -0.3 is 29.4 Å². The van der Waals surface area contributed by atoms with Crippen molar-refractivity contribution in [3.8, 4) is 17.2 Å². The Kier molecular flexibility index (Phi) is 7.55. The molecule has 0 aliphatic carbocycles. The van der Waals surface area contributed by atoms with Crippen LogP contribution in [0.15, 0.2) is 12.1 Å². The fourth-order valence-electron chi connectivity index (χ4n) is 2.36. The smallest absolute Gasteiger partial charge is 0.407 e. The fraction of sp³-hybridized carbons (Fsp3) is 0.556. The van der Waals surface area contributed by atoms with E-state index in [2.05, 4.69) is 5.32 Å². The SMILES string of the molecule is COc1ccc(CC(CNC(=O)OC(C)(C)C)C(=O)O)c(OC)c1OC. The van der Waals surface area contributed by atoms with Crippen LogP contribution in [0.4, 0.5) is 4.79 Å². The summed E-state index contributed by atoms with van der Waals surface area (Å²) in [6.45, 7) is 5.11. The average molecular weight is 369 g/mol. The van der Waals surface area contributed by atoms with Crippen LogP contribution in [0.1, 0.15) is 26.3 Å². The number of carbonyl (C=O) groups is 2. The van der Waals surface area contributed by atoms with Crippen molar-refractivity contribution in [1.82, 2.24) is 5.32 Å². The molecule has 0 spiro atoms. The van der Waals surface area contributed by atoms with Crippen molar-refractivity contribution in [3.05, 3.63) is 17.7 Å². The Morgan fingerprint density at radius 3 is 2.15 bits per heavy atom. The number of hydrogen-bond donors (Lipinski definition) is 2. The summed E-state index contributed by atoms with van der Waals surface area (Å²) < 4.78 is 21.0. The van der Waals surface area contributed by atoms with E-state index in [4.69, 9.17) is 18.9 Å². The standard InChI is InChI=1S/C18H27NO7/c1-18(2,3)26-17(22)19-10-12(16(20)21)9-11-7-8-13(23-4)15(25-6)14(11)24-5/h7-8,12H,9-10H2,1-6H3,(H,19,22)(H,20,21). The Morgan fingerprint density at radius 2 is 1.69 bits per heavy atom. The van der Waals surface area contributed by atoms with Crippen molar-refractivity contribution in [2.45, 2.75) is 32.8 Å². The molecule has 0 radical (unpaired) electrons. The Morgan fingerprint density at radius 1 is 1.08 bits per heavy atom. The van der Waals surface area contributed by atoms with Gasteiger partial charge in [0.1, 0.15) is 5.60 Å². The van der Waals surface area contributed by atoms with Crippen molar-refractivity contribution in [2.75, 3.05) is 27.9 Å². The first kappa shape index (κ1) is 21.4. The van der Waals surface area contributed by atoms with Crippen molar-refractivity contribution in [1.29, 1.82) is 0 Å². The molecule has 1 atom stereocenters. The maximum Gasteiger partial charge on any atom is 0.407 e. The van der Waals surface area contributed by atoms with E-state index >= 15 is 0 Å². The van der Waals surface area contributed by atoms with E-state index in [1.807, 2.05) is 0 Å². The third kappa shape index (κ3) is 6.02. The molecule has 0 aliphatic rings. The van der Waals surface area contributed by atoms with Gasteiger partial charge in [0.25, 0.3) is 0 Å². The number of carboxylic acid groups (broad SMARTS) is 1. The van der Waals surface area contributed by atoms with E-state index in [9.17, 15) is 14.7 Å². The predicted molar refractivity (Wildman–Crippen MR) is 95.2 cm³/mol. The number of rotatable bonds is 8. The molecule has 2 N–H and O–H groups in total. The first-order chi connectivity index (χ1) is 12.1. The second kappa shape index (κ2) is 9.17. The van der Waals surface area contributed by atoms with Gasteiger partial charge in [0, 0.05) is 6.54 Å². The van der Waals surface area contributed by atoms with Crippen LogP contribution in [0, 0.1) is 5.92 Å². The van der Waals surface area contributed by atoms with Gasteiger partial charge in [-0.1, -0.05) is 6.07 Å². The van der Waals surface area contributed by atoms with Gasteiger partial charge in [-0.15, -0.1) is 0 Å². The number of aliphatic carboxylic acids is 1. The molecule has 0 bridgehead atoms. The molecule has 8 nitrogen and oxygen atoms in total. The summed E-state index contributed by atoms with van der Waals surface area (Å²) in [4.78, 5) is 23.3. The molecule has 146 valence electrons. The molecule has 1 rings (SSSR count). The fourth-order valence-corrected chi connectivity index (χ4v) is 2.36. The Balaban J connectivity index is 2.94. The third-order valence-corrected chi connectivity index (χ3v) is 3.49. The molecule has 1 aromatic rings. The monoisotopic (exact) mass is 369 g/mol. The minimum absolute atomic E-state index is 0.0816. The molecule has 0 saturated heterocycles. The summed E-state index contributed by atoms with van der Waals surface area (Å²) in [5, 5.41) is 12.0. The molecule has 1 aromatic carbocycles. The molecule has 1 amide bonds. The molecular weight excluding hydrogens is 342 g/mol. The summed E-state index contributed by atoms with van der Waals surface area (Å²) in [5.74, 6) is -0.647. The maximum absolute atomic E-state index is 11.8. The van der Waals surface area contributed by atoms with Crippen molar-refractivity contribution in [3.63, 3.8) is 0 Å². The highest BCUT2D eigenvalue weighted by Crippen LogP contribution is 2.40. The molecule has 1 unspecified atom stereocenters. The van der Waals surface area contributed by atoms with Gasteiger partial charge in [-0.25, -0.2) is 4.79 Å². The van der Waals surface area contributed by atoms with Gasteiger partial charge in [-0.2, -0.15) is 0 Å². The highest BCUT2D eigenvalue weighted by molar-refractivity contribution is 5.73. The van der Waals surface area contributed by atoms with E-state index < -0.39 is 23.6 Å². The quantitative estimate of drug-likeness (QED) is 0.725. The summed E-state index contributed by atoms with van der Waals surface area (Å²) in [6.07, 6.45) is -0.530. The summed E-state index contributed by atoms with van der Waals surface area (Å²) >= 11 is 0. The largest absolute Gasteiger partial charge is 0.493 e.